The predicted octanol–water partition coefficient (Wildman–Crippen LogP) is 4.51. The first-order valence-corrected chi connectivity index (χ1v) is 9.32. The quantitative estimate of drug-likeness (QED) is 0.768. The number of aromatic nitrogens is 1. The van der Waals surface area contributed by atoms with E-state index in [0.717, 1.165) is 29.8 Å². The molecule has 0 spiro atoms. The zero-order chi connectivity index (χ0) is 18.7. The van der Waals surface area contributed by atoms with Crippen LogP contribution in [0.4, 0.5) is 0 Å². The Morgan fingerprint density at radius 2 is 1.88 bits per heavy atom. The average Bonchev–Trinajstić information content (AvgIpc) is 3.45. The normalized spacial score (nSPS) is 15.4. The predicted molar refractivity (Wildman–Crippen MR) is 103 cm³/mol. The van der Waals surface area contributed by atoms with Crippen molar-refractivity contribution in [3.63, 3.8) is 0 Å². The highest BCUT2D eigenvalue weighted by atomic mass is 16.5. The third kappa shape index (κ3) is 4.24. The molecule has 0 N–H and O–H groups in total. The maximum atomic E-state index is 12.9. The Morgan fingerprint density at radius 3 is 2.50 bits per heavy atom. The third-order valence-electron chi connectivity index (χ3n) is 4.81. The van der Waals surface area contributed by atoms with Crippen LogP contribution in [0, 0.1) is 0 Å². The number of benzene rings is 1. The van der Waals surface area contributed by atoms with Crippen molar-refractivity contribution in [1.82, 2.24) is 9.88 Å². The Bertz CT molecular complexity index is 748. The number of hydrogen-bond acceptors (Lipinski definition) is 3. The molecule has 138 valence electrons. The molecule has 0 radical (unpaired) electrons. The number of hydrogen-bond donors (Lipinski definition) is 0. The Morgan fingerprint density at radius 1 is 1.19 bits per heavy atom. The molecule has 4 nitrogen and oxygen atoms in total. The first-order chi connectivity index (χ1) is 12.4. The van der Waals surface area contributed by atoms with Gasteiger partial charge in [-0.2, -0.15) is 0 Å². The van der Waals surface area contributed by atoms with Crippen molar-refractivity contribution in [3.8, 4) is 5.75 Å². The first-order valence-electron chi connectivity index (χ1n) is 9.32. The van der Waals surface area contributed by atoms with Gasteiger partial charge < -0.3 is 9.64 Å². The number of carbonyl (C=O) groups excluding carboxylic acids is 1. The van der Waals surface area contributed by atoms with Gasteiger partial charge in [-0.05, 0) is 48.9 Å². The Kier molecular flexibility index (Phi) is 5.30. The summed E-state index contributed by atoms with van der Waals surface area (Å²) in [5.74, 6) is 0.809. The van der Waals surface area contributed by atoms with Crippen LogP contribution in [0.25, 0.3) is 0 Å². The number of rotatable bonds is 6. The molecule has 1 heterocycles. The molecule has 1 saturated carbocycles. The lowest BCUT2D eigenvalue weighted by atomic mass is 9.86. The second kappa shape index (κ2) is 7.48. The van der Waals surface area contributed by atoms with E-state index in [1.54, 1.807) is 6.20 Å². The maximum Gasteiger partial charge on any atom is 0.261 e. The minimum Gasteiger partial charge on any atom is -0.483 e. The second-order valence-electron chi connectivity index (χ2n) is 8.00. The fourth-order valence-corrected chi connectivity index (χ4v) is 3.28. The van der Waals surface area contributed by atoms with Gasteiger partial charge in [0.2, 0.25) is 0 Å². The topological polar surface area (TPSA) is 42.4 Å². The van der Waals surface area contributed by atoms with Crippen molar-refractivity contribution >= 4 is 5.91 Å². The summed E-state index contributed by atoms with van der Waals surface area (Å²) in [5.41, 5.74) is 2.00. The van der Waals surface area contributed by atoms with Gasteiger partial charge in [0.05, 0.1) is 11.7 Å². The van der Waals surface area contributed by atoms with E-state index >= 15 is 0 Å². The zero-order valence-electron chi connectivity index (χ0n) is 16.1. The maximum absolute atomic E-state index is 12.9. The van der Waals surface area contributed by atoms with Crippen molar-refractivity contribution in [2.24, 2.45) is 0 Å². The van der Waals surface area contributed by atoms with Crippen LogP contribution in [-0.4, -0.2) is 28.4 Å². The van der Waals surface area contributed by atoms with Crippen LogP contribution in [0.15, 0.2) is 48.7 Å². The number of nitrogens with zero attached hydrogens (tertiary/aromatic N) is 2. The number of ether oxygens (including phenoxy) is 1. The summed E-state index contributed by atoms with van der Waals surface area (Å²) in [5, 5.41) is 0. The summed E-state index contributed by atoms with van der Waals surface area (Å²) in [6.07, 6.45) is 3.89. The number of carbonyl (C=O) groups is 1. The van der Waals surface area contributed by atoms with Crippen molar-refractivity contribution in [3.05, 3.63) is 59.9 Å². The van der Waals surface area contributed by atoms with Crippen LogP contribution >= 0.6 is 0 Å². The molecule has 1 aromatic carbocycles. The van der Waals surface area contributed by atoms with Gasteiger partial charge in [-0.25, -0.2) is 0 Å². The molecule has 0 aliphatic heterocycles. The molecule has 4 heteroatoms. The molecule has 1 atom stereocenters. The minimum atomic E-state index is -0.0438. The van der Waals surface area contributed by atoms with E-state index in [-0.39, 0.29) is 24.0 Å². The SMILES string of the molecule is CC(c1ccccn1)N(C(=O)COc1ccccc1C(C)(C)C)C1CC1. The molecular formula is C22H28N2O2. The van der Waals surface area contributed by atoms with Crippen LogP contribution in [0.1, 0.15) is 57.8 Å². The largest absolute Gasteiger partial charge is 0.483 e. The van der Waals surface area contributed by atoms with Crippen molar-refractivity contribution < 1.29 is 9.53 Å². The Labute approximate surface area is 156 Å². The minimum absolute atomic E-state index is 0.0226. The molecule has 3 rings (SSSR count). The molecule has 1 fully saturated rings. The van der Waals surface area contributed by atoms with Crippen LogP contribution in [0.3, 0.4) is 0 Å². The highest BCUT2D eigenvalue weighted by Gasteiger charge is 2.36. The second-order valence-corrected chi connectivity index (χ2v) is 8.00. The molecule has 1 amide bonds. The summed E-state index contributed by atoms with van der Waals surface area (Å²) in [6.45, 7) is 8.55. The summed E-state index contributed by atoms with van der Waals surface area (Å²) >= 11 is 0. The van der Waals surface area contributed by atoms with Gasteiger partial charge in [-0.3, -0.25) is 9.78 Å². The van der Waals surface area contributed by atoms with Gasteiger partial charge in [0.15, 0.2) is 6.61 Å². The standard InChI is InChI=1S/C22H28N2O2/c1-16(19-10-7-8-14-23-19)24(17-12-13-17)21(25)15-26-20-11-6-5-9-18(20)22(2,3)4/h5-11,14,16-17H,12-13,15H2,1-4H3. The molecule has 1 aliphatic rings. The van der Waals surface area contributed by atoms with E-state index in [0.29, 0.717) is 6.04 Å². The summed E-state index contributed by atoms with van der Waals surface area (Å²) < 4.78 is 5.96. The fraction of sp³-hybridized carbons (Fsp3) is 0.455. The molecule has 0 saturated heterocycles. The Balaban J connectivity index is 1.72. The molecule has 1 aromatic heterocycles. The molecule has 2 aromatic rings. The number of amides is 1. The average molecular weight is 352 g/mol. The van der Waals surface area contributed by atoms with Crippen molar-refractivity contribution in [1.29, 1.82) is 0 Å². The van der Waals surface area contributed by atoms with E-state index < -0.39 is 0 Å². The molecule has 26 heavy (non-hydrogen) atoms. The highest BCUT2D eigenvalue weighted by Crippen LogP contribution is 2.34. The Hall–Kier alpha value is -2.36. The van der Waals surface area contributed by atoms with Crippen molar-refractivity contribution in [2.45, 2.75) is 58.0 Å². The van der Waals surface area contributed by atoms with Crippen molar-refractivity contribution in [2.75, 3.05) is 6.61 Å². The van der Waals surface area contributed by atoms with E-state index in [9.17, 15) is 4.79 Å². The van der Waals surface area contributed by atoms with Crippen LogP contribution in [-0.2, 0) is 10.2 Å². The number of pyridine rings is 1. The summed E-state index contributed by atoms with van der Waals surface area (Å²) in [7, 11) is 0. The van der Waals surface area contributed by atoms with Gasteiger partial charge in [0.1, 0.15) is 5.75 Å². The zero-order valence-corrected chi connectivity index (χ0v) is 16.1. The van der Waals surface area contributed by atoms with Gasteiger partial charge in [0.25, 0.3) is 5.91 Å². The van der Waals surface area contributed by atoms with E-state index in [1.807, 2.05) is 48.2 Å². The number of para-hydroxylation sites is 1. The van der Waals surface area contributed by atoms with E-state index in [1.165, 1.54) is 0 Å². The van der Waals surface area contributed by atoms with E-state index in [4.69, 9.17) is 4.74 Å². The molecule has 1 aliphatic carbocycles. The molecule has 1 unspecified atom stereocenters. The lowest BCUT2D eigenvalue weighted by Gasteiger charge is -2.29. The van der Waals surface area contributed by atoms with E-state index in [2.05, 4.69) is 31.8 Å². The lowest BCUT2D eigenvalue weighted by Crippen LogP contribution is -2.39. The van der Waals surface area contributed by atoms with Crippen LogP contribution in [0.5, 0.6) is 5.75 Å². The van der Waals surface area contributed by atoms with Gasteiger partial charge in [-0.15, -0.1) is 0 Å². The third-order valence-corrected chi connectivity index (χ3v) is 4.81. The monoisotopic (exact) mass is 352 g/mol. The fourth-order valence-electron chi connectivity index (χ4n) is 3.28. The summed E-state index contributed by atoms with van der Waals surface area (Å²) in [6, 6.07) is 14.1. The molecule has 0 bridgehead atoms. The summed E-state index contributed by atoms with van der Waals surface area (Å²) in [4.78, 5) is 19.3. The van der Waals surface area contributed by atoms with Crippen LogP contribution < -0.4 is 4.74 Å². The van der Waals surface area contributed by atoms with Gasteiger partial charge in [-0.1, -0.05) is 45.0 Å². The lowest BCUT2D eigenvalue weighted by molar-refractivity contribution is -0.136. The van der Waals surface area contributed by atoms with Gasteiger partial charge >= 0.3 is 0 Å². The molecular weight excluding hydrogens is 324 g/mol. The van der Waals surface area contributed by atoms with Crippen LogP contribution in [0.2, 0.25) is 0 Å². The first kappa shape index (κ1) is 18.4. The highest BCUT2D eigenvalue weighted by molar-refractivity contribution is 5.79. The smallest absolute Gasteiger partial charge is 0.261 e. The van der Waals surface area contributed by atoms with Gasteiger partial charge in [0, 0.05) is 12.2 Å².